The lowest BCUT2D eigenvalue weighted by molar-refractivity contribution is 0.104. The molecule has 0 N–H and O–H groups in total. The van der Waals surface area contributed by atoms with Crippen molar-refractivity contribution < 1.29 is 4.79 Å². The number of benzene rings is 2. The first-order valence-electron chi connectivity index (χ1n) is 6.81. The van der Waals surface area contributed by atoms with E-state index < -0.39 is 4.33 Å². The standard InChI is InChI=1S/C18H14Cl2O/c19-18(20)12-16(18)14-7-9-15(10-8-14)17(21)11-6-13-4-2-1-3-5-13/h1-11,16H,12H2/b11-6+. The van der Waals surface area contributed by atoms with E-state index in [9.17, 15) is 4.79 Å². The highest BCUT2D eigenvalue weighted by Crippen LogP contribution is 2.59. The van der Waals surface area contributed by atoms with E-state index in [1.807, 2.05) is 60.7 Å². The van der Waals surface area contributed by atoms with Gasteiger partial charge in [-0.25, -0.2) is 0 Å². The molecule has 0 heterocycles. The van der Waals surface area contributed by atoms with Crippen molar-refractivity contribution in [2.45, 2.75) is 16.7 Å². The second-order valence-electron chi connectivity index (χ2n) is 5.25. The van der Waals surface area contributed by atoms with Crippen molar-refractivity contribution in [2.75, 3.05) is 0 Å². The Morgan fingerprint density at radius 1 is 1.05 bits per heavy atom. The first-order chi connectivity index (χ1) is 10.1. The molecule has 106 valence electrons. The number of alkyl halides is 2. The van der Waals surface area contributed by atoms with E-state index in [4.69, 9.17) is 23.2 Å². The summed E-state index contributed by atoms with van der Waals surface area (Å²) in [7, 11) is 0. The Hall–Kier alpha value is -1.57. The van der Waals surface area contributed by atoms with Crippen molar-refractivity contribution in [1.29, 1.82) is 0 Å². The van der Waals surface area contributed by atoms with Gasteiger partial charge in [-0.05, 0) is 23.6 Å². The molecule has 0 radical (unpaired) electrons. The van der Waals surface area contributed by atoms with E-state index >= 15 is 0 Å². The van der Waals surface area contributed by atoms with Crippen LogP contribution >= 0.6 is 23.2 Å². The maximum Gasteiger partial charge on any atom is 0.185 e. The molecule has 0 amide bonds. The second kappa shape index (κ2) is 5.67. The van der Waals surface area contributed by atoms with Gasteiger partial charge in [0.05, 0.1) is 0 Å². The molecule has 1 aliphatic carbocycles. The quantitative estimate of drug-likeness (QED) is 0.428. The Kier molecular flexibility index (Phi) is 3.88. The molecular formula is C18H14Cl2O. The summed E-state index contributed by atoms with van der Waals surface area (Å²) >= 11 is 12.1. The monoisotopic (exact) mass is 316 g/mol. The van der Waals surface area contributed by atoms with Gasteiger partial charge in [0.2, 0.25) is 0 Å². The van der Waals surface area contributed by atoms with Crippen molar-refractivity contribution in [3.05, 3.63) is 77.4 Å². The molecule has 2 aromatic carbocycles. The van der Waals surface area contributed by atoms with Gasteiger partial charge in [-0.2, -0.15) is 0 Å². The molecule has 1 unspecified atom stereocenters. The van der Waals surface area contributed by atoms with Gasteiger partial charge in [0.1, 0.15) is 4.33 Å². The minimum absolute atomic E-state index is 0.00999. The molecule has 3 rings (SSSR count). The third kappa shape index (κ3) is 3.37. The molecule has 21 heavy (non-hydrogen) atoms. The summed E-state index contributed by atoms with van der Waals surface area (Å²) < 4.78 is -0.626. The number of allylic oxidation sites excluding steroid dienone is 1. The summed E-state index contributed by atoms with van der Waals surface area (Å²) in [6.07, 6.45) is 4.19. The highest BCUT2D eigenvalue weighted by molar-refractivity contribution is 6.51. The molecule has 1 fully saturated rings. The highest BCUT2D eigenvalue weighted by Gasteiger charge is 2.52. The lowest BCUT2D eigenvalue weighted by Crippen LogP contribution is -1.95. The number of carbonyl (C=O) groups excluding carboxylic acids is 1. The molecule has 1 nitrogen and oxygen atoms in total. The predicted octanol–water partition coefficient (Wildman–Crippen LogP) is 5.24. The van der Waals surface area contributed by atoms with E-state index in [0.29, 0.717) is 5.56 Å². The normalized spacial score (nSPS) is 19.6. The number of carbonyl (C=O) groups is 1. The molecule has 0 bridgehead atoms. The van der Waals surface area contributed by atoms with Gasteiger partial charge in [-0.3, -0.25) is 4.79 Å². The van der Waals surface area contributed by atoms with Crippen LogP contribution < -0.4 is 0 Å². The molecule has 0 aliphatic heterocycles. The molecule has 3 heteroatoms. The van der Waals surface area contributed by atoms with Crippen molar-refractivity contribution in [1.82, 2.24) is 0 Å². The topological polar surface area (TPSA) is 17.1 Å². The van der Waals surface area contributed by atoms with Crippen molar-refractivity contribution in [2.24, 2.45) is 0 Å². The van der Waals surface area contributed by atoms with Gasteiger partial charge < -0.3 is 0 Å². The van der Waals surface area contributed by atoms with E-state index in [1.54, 1.807) is 6.08 Å². The first-order valence-corrected chi connectivity index (χ1v) is 7.57. The van der Waals surface area contributed by atoms with Gasteiger partial charge in [0.25, 0.3) is 0 Å². The second-order valence-corrected chi connectivity index (χ2v) is 6.79. The number of hydrogen-bond donors (Lipinski definition) is 0. The van der Waals surface area contributed by atoms with Crippen LogP contribution in [0.4, 0.5) is 0 Å². The zero-order valence-corrected chi connectivity index (χ0v) is 12.8. The minimum atomic E-state index is -0.626. The van der Waals surface area contributed by atoms with Crippen LogP contribution in [0.5, 0.6) is 0 Å². The fourth-order valence-corrected chi connectivity index (χ4v) is 2.85. The van der Waals surface area contributed by atoms with Gasteiger partial charge >= 0.3 is 0 Å². The summed E-state index contributed by atoms with van der Waals surface area (Å²) in [5, 5.41) is 0. The molecule has 2 aromatic rings. The van der Waals surface area contributed by atoms with Gasteiger partial charge in [0.15, 0.2) is 5.78 Å². The van der Waals surface area contributed by atoms with Crippen molar-refractivity contribution >= 4 is 35.1 Å². The maximum atomic E-state index is 12.1. The van der Waals surface area contributed by atoms with E-state index in [-0.39, 0.29) is 11.7 Å². The smallest absolute Gasteiger partial charge is 0.185 e. The number of hydrogen-bond acceptors (Lipinski definition) is 1. The lowest BCUT2D eigenvalue weighted by Gasteiger charge is -2.02. The van der Waals surface area contributed by atoms with Gasteiger partial charge in [0, 0.05) is 11.5 Å². The fraction of sp³-hybridized carbons (Fsp3) is 0.167. The summed E-state index contributed by atoms with van der Waals surface area (Å²) in [6.45, 7) is 0. The third-order valence-corrected chi connectivity index (χ3v) is 4.49. The Morgan fingerprint density at radius 2 is 1.67 bits per heavy atom. The van der Waals surface area contributed by atoms with Crippen LogP contribution in [0.15, 0.2) is 60.7 Å². The Labute approximate surface area is 134 Å². The average Bonchev–Trinajstić information content (AvgIpc) is 3.15. The largest absolute Gasteiger partial charge is 0.289 e. The summed E-state index contributed by atoms with van der Waals surface area (Å²) in [5.74, 6) is 0.175. The molecule has 0 saturated heterocycles. The molecule has 0 aromatic heterocycles. The Bertz CT molecular complexity index is 672. The van der Waals surface area contributed by atoms with E-state index in [0.717, 1.165) is 17.5 Å². The summed E-state index contributed by atoms with van der Waals surface area (Å²) in [4.78, 5) is 12.1. The zero-order valence-electron chi connectivity index (χ0n) is 11.3. The number of halogens is 2. The number of ketones is 1. The zero-order chi connectivity index (χ0) is 14.9. The molecule has 0 spiro atoms. The first kappa shape index (κ1) is 14.4. The van der Waals surface area contributed by atoms with Crippen LogP contribution in [0.2, 0.25) is 0 Å². The Morgan fingerprint density at radius 3 is 2.24 bits per heavy atom. The third-order valence-electron chi connectivity index (χ3n) is 3.65. The van der Waals surface area contributed by atoms with Crippen molar-refractivity contribution in [3.63, 3.8) is 0 Å². The van der Waals surface area contributed by atoms with Crippen LogP contribution in [0.3, 0.4) is 0 Å². The molecular weight excluding hydrogens is 303 g/mol. The van der Waals surface area contributed by atoms with E-state index in [1.165, 1.54) is 0 Å². The van der Waals surface area contributed by atoms with Crippen LogP contribution in [0.25, 0.3) is 6.08 Å². The fourth-order valence-electron chi connectivity index (χ4n) is 2.29. The SMILES string of the molecule is O=C(/C=C/c1ccccc1)c1ccc(C2CC2(Cl)Cl)cc1. The molecule has 1 saturated carbocycles. The molecule has 1 atom stereocenters. The highest BCUT2D eigenvalue weighted by atomic mass is 35.5. The predicted molar refractivity (Wildman–Crippen MR) is 88.0 cm³/mol. The maximum absolute atomic E-state index is 12.1. The van der Waals surface area contributed by atoms with Crippen LogP contribution in [-0.4, -0.2) is 10.1 Å². The average molecular weight is 317 g/mol. The van der Waals surface area contributed by atoms with Crippen LogP contribution in [0.1, 0.15) is 33.8 Å². The minimum Gasteiger partial charge on any atom is -0.289 e. The lowest BCUT2D eigenvalue weighted by atomic mass is 10.0. The molecule has 1 aliphatic rings. The van der Waals surface area contributed by atoms with Gasteiger partial charge in [-0.15, -0.1) is 23.2 Å². The summed E-state index contributed by atoms with van der Waals surface area (Å²) in [5.41, 5.74) is 2.76. The van der Waals surface area contributed by atoms with Crippen LogP contribution in [0, 0.1) is 0 Å². The Balaban J connectivity index is 1.69. The van der Waals surface area contributed by atoms with Crippen LogP contribution in [-0.2, 0) is 0 Å². The summed E-state index contributed by atoms with van der Waals surface area (Å²) in [6, 6.07) is 17.3. The number of rotatable bonds is 4. The van der Waals surface area contributed by atoms with Gasteiger partial charge in [-0.1, -0.05) is 60.7 Å². The van der Waals surface area contributed by atoms with E-state index in [2.05, 4.69) is 0 Å². The van der Waals surface area contributed by atoms with Crippen molar-refractivity contribution in [3.8, 4) is 0 Å².